The summed E-state index contributed by atoms with van der Waals surface area (Å²) >= 11 is 0. The Morgan fingerprint density at radius 1 is 1.45 bits per heavy atom. The van der Waals surface area contributed by atoms with E-state index >= 15 is 0 Å². The Labute approximate surface area is 136 Å². The molecule has 0 spiro atoms. The van der Waals surface area contributed by atoms with Gasteiger partial charge in [0.2, 0.25) is 10.0 Å². The van der Waals surface area contributed by atoms with Gasteiger partial charge in [0, 0.05) is 19.6 Å². The second-order valence-corrected chi connectivity index (χ2v) is 6.89. The number of rotatable bonds is 5. The first-order valence-electron chi connectivity index (χ1n) is 6.54. The Morgan fingerprint density at radius 2 is 2.14 bits per heavy atom. The van der Waals surface area contributed by atoms with E-state index in [1.807, 2.05) is 0 Å². The van der Waals surface area contributed by atoms with Crippen LogP contribution < -0.4 is 15.8 Å². The monoisotopic (exact) mass is 349 g/mol. The highest BCUT2D eigenvalue weighted by Gasteiger charge is 2.30. The van der Waals surface area contributed by atoms with Crippen LogP contribution in [0.4, 0.5) is 0 Å². The number of methoxy groups -OCH3 is 1. The third-order valence-corrected chi connectivity index (χ3v) is 5.57. The molecule has 1 amide bonds. The van der Waals surface area contributed by atoms with Crippen molar-refractivity contribution in [3.8, 4) is 5.75 Å². The number of nitrogens with zero attached hydrogens (tertiary/aromatic N) is 1. The Hall–Kier alpha value is -1.35. The fourth-order valence-electron chi connectivity index (χ4n) is 2.35. The van der Waals surface area contributed by atoms with E-state index in [2.05, 4.69) is 5.32 Å². The number of sulfonamides is 1. The van der Waals surface area contributed by atoms with Crippen LogP contribution in [-0.2, 0) is 10.0 Å². The van der Waals surface area contributed by atoms with Crippen molar-refractivity contribution in [3.05, 3.63) is 23.8 Å². The Morgan fingerprint density at radius 3 is 2.64 bits per heavy atom. The minimum atomic E-state index is -3.67. The molecule has 1 fully saturated rings. The number of halogens is 1. The average Bonchev–Trinajstić information content (AvgIpc) is 2.99. The lowest BCUT2D eigenvalue weighted by molar-refractivity contribution is 0.0997. The van der Waals surface area contributed by atoms with Crippen molar-refractivity contribution in [2.45, 2.75) is 17.4 Å². The summed E-state index contributed by atoms with van der Waals surface area (Å²) in [5.41, 5.74) is 5.32. The minimum absolute atomic E-state index is 0. The highest BCUT2D eigenvalue weighted by Crippen LogP contribution is 2.25. The predicted molar refractivity (Wildman–Crippen MR) is 85.0 cm³/mol. The third-order valence-electron chi connectivity index (χ3n) is 3.66. The minimum Gasteiger partial charge on any atom is -0.496 e. The maximum absolute atomic E-state index is 12.6. The topological polar surface area (TPSA) is 102 Å². The smallest absolute Gasteiger partial charge is 0.252 e. The van der Waals surface area contributed by atoms with Crippen molar-refractivity contribution in [1.82, 2.24) is 9.62 Å². The quantitative estimate of drug-likeness (QED) is 0.790. The lowest BCUT2D eigenvalue weighted by atomic mass is 10.2. The molecular formula is C13H20ClN3O4S. The number of carbonyl (C=O) groups excluding carboxylic acids is 1. The van der Waals surface area contributed by atoms with Gasteiger partial charge in [-0.15, -0.1) is 12.4 Å². The normalized spacial score (nSPS) is 18.0. The molecule has 0 aliphatic carbocycles. The van der Waals surface area contributed by atoms with Gasteiger partial charge >= 0.3 is 0 Å². The molecule has 0 saturated carbocycles. The zero-order valence-electron chi connectivity index (χ0n) is 12.4. The SMILES string of the molecule is COc1ccc(S(=O)(=O)N(C)C2CCNC2)cc1C(N)=O.Cl. The highest BCUT2D eigenvalue weighted by molar-refractivity contribution is 7.89. The van der Waals surface area contributed by atoms with Crippen LogP contribution >= 0.6 is 12.4 Å². The van der Waals surface area contributed by atoms with E-state index in [1.165, 1.54) is 29.6 Å². The Balaban J connectivity index is 0.00000242. The molecule has 1 aliphatic rings. The number of amides is 1. The third kappa shape index (κ3) is 3.52. The molecule has 7 nitrogen and oxygen atoms in total. The molecule has 0 radical (unpaired) electrons. The lowest BCUT2D eigenvalue weighted by Gasteiger charge is -2.23. The van der Waals surface area contributed by atoms with E-state index < -0.39 is 15.9 Å². The zero-order valence-corrected chi connectivity index (χ0v) is 14.0. The molecule has 2 rings (SSSR count). The first kappa shape index (κ1) is 18.7. The van der Waals surface area contributed by atoms with Crippen LogP contribution in [0.3, 0.4) is 0 Å². The zero-order chi connectivity index (χ0) is 15.6. The summed E-state index contributed by atoms with van der Waals surface area (Å²) < 4.78 is 31.5. The predicted octanol–water partition coefficient (Wildman–Crippen LogP) is 0.198. The van der Waals surface area contributed by atoms with Crippen LogP contribution in [0.1, 0.15) is 16.8 Å². The van der Waals surface area contributed by atoms with Crippen LogP contribution in [0.5, 0.6) is 5.75 Å². The van der Waals surface area contributed by atoms with E-state index in [0.717, 1.165) is 13.0 Å². The molecule has 22 heavy (non-hydrogen) atoms. The van der Waals surface area contributed by atoms with Gasteiger partial charge in [-0.1, -0.05) is 0 Å². The molecule has 0 aromatic heterocycles. The molecule has 3 N–H and O–H groups in total. The number of primary amides is 1. The molecule has 1 unspecified atom stereocenters. The fourth-order valence-corrected chi connectivity index (χ4v) is 3.76. The molecule has 0 bridgehead atoms. The summed E-state index contributed by atoms with van der Waals surface area (Å²) in [7, 11) is -0.735. The van der Waals surface area contributed by atoms with Crippen LogP contribution in [0, 0.1) is 0 Å². The lowest BCUT2D eigenvalue weighted by Crippen LogP contribution is -2.38. The van der Waals surface area contributed by atoms with E-state index in [-0.39, 0.29) is 34.7 Å². The second-order valence-electron chi connectivity index (χ2n) is 4.89. The van der Waals surface area contributed by atoms with Gasteiger partial charge in [0.25, 0.3) is 5.91 Å². The van der Waals surface area contributed by atoms with Gasteiger partial charge < -0.3 is 15.8 Å². The van der Waals surface area contributed by atoms with Gasteiger partial charge in [0.15, 0.2) is 0 Å². The van der Waals surface area contributed by atoms with E-state index in [4.69, 9.17) is 10.5 Å². The van der Waals surface area contributed by atoms with Crippen LogP contribution in [0.2, 0.25) is 0 Å². The number of likely N-dealkylation sites (N-methyl/N-ethyl adjacent to an activating group) is 1. The molecule has 1 aromatic rings. The van der Waals surface area contributed by atoms with Crippen molar-refractivity contribution < 1.29 is 17.9 Å². The summed E-state index contributed by atoms with van der Waals surface area (Å²) in [6, 6.07) is 4.02. The van der Waals surface area contributed by atoms with Gasteiger partial charge in [0.1, 0.15) is 5.75 Å². The standard InChI is InChI=1S/C13H19N3O4S.ClH/c1-16(9-5-6-15-8-9)21(18,19)10-3-4-12(20-2)11(7-10)13(14)17;/h3-4,7,9,15H,5-6,8H2,1-2H3,(H2,14,17);1H. The second kappa shape index (κ2) is 7.28. The molecule has 1 saturated heterocycles. The molecule has 1 aromatic carbocycles. The molecule has 1 heterocycles. The van der Waals surface area contributed by atoms with Crippen LogP contribution in [0.25, 0.3) is 0 Å². The largest absolute Gasteiger partial charge is 0.496 e. The van der Waals surface area contributed by atoms with E-state index in [1.54, 1.807) is 7.05 Å². The summed E-state index contributed by atoms with van der Waals surface area (Å²) in [6.07, 6.45) is 0.758. The van der Waals surface area contributed by atoms with E-state index in [9.17, 15) is 13.2 Å². The van der Waals surface area contributed by atoms with Crippen molar-refractivity contribution in [2.24, 2.45) is 5.73 Å². The number of hydrogen-bond donors (Lipinski definition) is 2. The fraction of sp³-hybridized carbons (Fsp3) is 0.462. The number of hydrogen-bond acceptors (Lipinski definition) is 5. The number of ether oxygens (including phenoxy) is 1. The van der Waals surface area contributed by atoms with Gasteiger partial charge in [-0.3, -0.25) is 4.79 Å². The van der Waals surface area contributed by atoms with E-state index in [0.29, 0.717) is 6.54 Å². The summed E-state index contributed by atoms with van der Waals surface area (Å²) in [5, 5.41) is 3.12. The first-order valence-corrected chi connectivity index (χ1v) is 7.98. The van der Waals surface area contributed by atoms with Gasteiger partial charge in [-0.25, -0.2) is 8.42 Å². The van der Waals surface area contributed by atoms with Gasteiger partial charge in [0.05, 0.1) is 17.6 Å². The summed E-state index contributed by atoms with van der Waals surface area (Å²) in [5.74, 6) is -0.472. The number of nitrogens with two attached hydrogens (primary N) is 1. The van der Waals surface area contributed by atoms with Crippen molar-refractivity contribution in [1.29, 1.82) is 0 Å². The van der Waals surface area contributed by atoms with Crippen molar-refractivity contribution in [3.63, 3.8) is 0 Å². The Bertz CT molecular complexity index is 645. The molecule has 9 heteroatoms. The maximum atomic E-state index is 12.6. The van der Waals surface area contributed by atoms with Gasteiger partial charge in [-0.05, 0) is 31.2 Å². The van der Waals surface area contributed by atoms with Crippen molar-refractivity contribution >= 4 is 28.3 Å². The molecule has 124 valence electrons. The highest BCUT2D eigenvalue weighted by atomic mass is 35.5. The van der Waals surface area contributed by atoms with Crippen LogP contribution in [0.15, 0.2) is 23.1 Å². The summed E-state index contributed by atoms with van der Waals surface area (Å²) in [6.45, 7) is 1.41. The first-order chi connectivity index (χ1) is 9.87. The molecular weight excluding hydrogens is 330 g/mol. The Kier molecular flexibility index (Phi) is 6.18. The van der Waals surface area contributed by atoms with Gasteiger partial charge in [-0.2, -0.15) is 4.31 Å². The number of benzene rings is 1. The van der Waals surface area contributed by atoms with Crippen molar-refractivity contribution in [2.75, 3.05) is 27.2 Å². The number of carbonyl (C=O) groups is 1. The summed E-state index contributed by atoms with van der Waals surface area (Å²) in [4.78, 5) is 11.4. The van der Waals surface area contributed by atoms with Crippen LogP contribution in [-0.4, -0.2) is 51.9 Å². The number of nitrogens with one attached hydrogen (secondary N) is 1. The maximum Gasteiger partial charge on any atom is 0.252 e. The molecule has 1 aliphatic heterocycles. The average molecular weight is 350 g/mol. The molecule has 1 atom stereocenters.